The van der Waals surface area contributed by atoms with Gasteiger partial charge in [0.25, 0.3) is 0 Å². The molecule has 2 radical (unpaired) electrons. The van der Waals surface area contributed by atoms with Gasteiger partial charge in [-0.3, -0.25) is 4.79 Å². The molecule has 1 aliphatic heterocycles. The molecular weight excluding hydrogens is 273 g/mol. The van der Waals surface area contributed by atoms with Gasteiger partial charge < -0.3 is 14.6 Å². The fraction of sp³-hybridized carbons (Fsp3) is 0.429. The largest absolute Gasteiger partial charge is 0.508 e. The lowest BCUT2D eigenvalue weighted by Gasteiger charge is -2.19. The standard InChI is InChI=1S/C13H15NO5.CH3B/c1-8(12(16)14-6-7-19-13(14)17)11-9(15)4-3-5-10(11)18-2;1-2/h3-5,8,15H,6-7H2,1-2H3;1H3. The second kappa shape index (κ2) is 7.57. The molecule has 1 atom stereocenters. The van der Waals surface area contributed by atoms with Crippen LogP contribution in [0.4, 0.5) is 4.79 Å². The molecule has 2 amide bonds. The van der Waals surface area contributed by atoms with Crippen LogP contribution in [0.2, 0.25) is 6.82 Å². The molecule has 0 bridgehead atoms. The minimum Gasteiger partial charge on any atom is -0.508 e. The molecule has 112 valence electrons. The van der Waals surface area contributed by atoms with E-state index in [-0.39, 0.29) is 18.9 Å². The summed E-state index contributed by atoms with van der Waals surface area (Å²) >= 11 is 0. The molecule has 6 nitrogen and oxygen atoms in total. The summed E-state index contributed by atoms with van der Waals surface area (Å²) in [5.74, 6) is -0.731. The zero-order valence-corrected chi connectivity index (χ0v) is 12.3. The van der Waals surface area contributed by atoms with Gasteiger partial charge in [-0.05, 0) is 19.1 Å². The quantitative estimate of drug-likeness (QED) is 0.857. The summed E-state index contributed by atoms with van der Waals surface area (Å²) in [5, 5.41) is 9.88. The Labute approximate surface area is 125 Å². The first-order valence-electron chi connectivity index (χ1n) is 6.48. The van der Waals surface area contributed by atoms with Crippen molar-refractivity contribution in [2.24, 2.45) is 0 Å². The number of rotatable bonds is 3. The van der Waals surface area contributed by atoms with E-state index < -0.39 is 17.9 Å². The maximum Gasteiger partial charge on any atom is 0.416 e. The second-order valence-corrected chi connectivity index (χ2v) is 4.22. The predicted octanol–water partition coefficient (Wildman–Crippen LogP) is 1.69. The second-order valence-electron chi connectivity index (χ2n) is 4.22. The normalized spacial score (nSPS) is 14.8. The molecule has 2 rings (SSSR count). The molecule has 0 saturated carbocycles. The average molecular weight is 291 g/mol. The molecule has 0 aromatic heterocycles. The number of nitrogens with zero attached hydrogens (tertiary/aromatic N) is 1. The van der Waals surface area contributed by atoms with Crippen molar-refractivity contribution in [3.8, 4) is 11.5 Å². The van der Waals surface area contributed by atoms with Crippen LogP contribution in [-0.4, -0.2) is 50.1 Å². The van der Waals surface area contributed by atoms with Gasteiger partial charge in [0, 0.05) is 5.56 Å². The van der Waals surface area contributed by atoms with E-state index >= 15 is 0 Å². The van der Waals surface area contributed by atoms with Crippen LogP contribution >= 0.6 is 0 Å². The van der Waals surface area contributed by atoms with Gasteiger partial charge in [-0.1, -0.05) is 12.9 Å². The van der Waals surface area contributed by atoms with Crippen molar-refractivity contribution in [3.05, 3.63) is 23.8 Å². The number of amides is 2. The van der Waals surface area contributed by atoms with Gasteiger partial charge >= 0.3 is 6.09 Å². The third kappa shape index (κ3) is 3.48. The maximum absolute atomic E-state index is 12.2. The number of hydrogen-bond donors (Lipinski definition) is 1. The monoisotopic (exact) mass is 291 g/mol. The Morgan fingerprint density at radius 2 is 2.14 bits per heavy atom. The first-order valence-corrected chi connectivity index (χ1v) is 6.48. The number of cyclic esters (lactones) is 1. The molecule has 0 spiro atoms. The number of methoxy groups -OCH3 is 1. The third-order valence-electron chi connectivity index (χ3n) is 3.09. The molecule has 1 unspecified atom stereocenters. The van der Waals surface area contributed by atoms with E-state index in [0.29, 0.717) is 11.3 Å². The van der Waals surface area contributed by atoms with Crippen LogP contribution in [0, 0.1) is 0 Å². The van der Waals surface area contributed by atoms with Crippen molar-refractivity contribution in [3.63, 3.8) is 0 Å². The molecule has 1 aliphatic rings. The van der Waals surface area contributed by atoms with E-state index in [1.54, 1.807) is 19.1 Å². The molecule has 7 heteroatoms. The number of aromatic hydroxyl groups is 1. The topological polar surface area (TPSA) is 76.1 Å². The number of phenols is 1. The molecule has 1 N–H and O–H groups in total. The molecule has 1 saturated heterocycles. The molecule has 0 aliphatic carbocycles. The van der Waals surface area contributed by atoms with Crippen molar-refractivity contribution in [2.45, 2.75) is 19.7 Å². The van der Waals surface area contributed by atoms with E-state index in [1.807, 2.05) is 0 Å². The van der Waals surface area contributed by atoms with E-state index in [4.69, 9.17) is 9.47 Å². The number of ether oxygens (including phenoxy) is 2. The van der Waals surface area contributed by atoms with Crippen LogP contribution in [0.25, 0.3) is 0 Å². The smallest absolute Gasteiger partial charge is 0.416 e. The van der Waals surface area contributed by atoms with Gasteiger partial charge in [0.2, 0.25) is 5.91 Å². The number of benzene rings is 1. The lowest BCUT2D eigenvalue weighted by Crippen LogP contribution is -2.35. The van der Waals surface area contributed by atoms with E-state index in [2.05, 4.69) is 7.85 Å². The first kappa shape index (κ1) is 16.9. The maximum atomic E-state index is 12.2. The minimum atomic E-state index is -0.693. The summed E-state index contributed by atoms with van der Waals surface area (Å²) in [5.41, 5.74) is 0.370. The predicted molar refractivity (Wildman–Crippen MR) is 77.8 cm³/mol. The van der Waals surface area contributed by atoms with Crippen LogP contribution in [0.15, 0.2) is 18.2 Å². The molecule has 21 heavy (non-hydrogen) atoms. The molecule has 1 fully saturated rings. The van der Waals surface area contributed by atoms with Crippen molar-refractivity contribution in [1.29, 1.82) is 0 Å². The van der Waals surface area contributed by atoms with Crippen LogP contribution in [0.5, 0.6) is 11.5 Å². The fourth-order valence-corrected chi connectivity index (χ4v) is 2.10. The van der Waals surface area contributed by atoms with E-state index in [1.165, 1.54) is 20.0 Å². The number of hydrogen-bond acceptors (Lipinski definition) is 5. The molecule has 1 heterocycles. The van der Waals surface area contributed by atoms with Crippen molar-refractivity contribution in [2.75, 3.05) is 20.3 Å². The van der Waals surface area contributed by atoms with Gasteiger partial charge in [0.05, 0.1) is 27.4 Å². The number of phenolic OH excluding ortho intramolecular Hbond substituents is 1. The lowest BCUT2D eigenvalue weighted by atomic mass is 9.97. The Morgan fingerprint density at radius 3 is 2.67 bits per heavy atom. The van der Waals surface area contributed by atoms with Crippen molar-refractivity contribution < 1.29 is 24.2 Å². The van der Waals surface area contributed by atoms with Gasteiger partial charge in [0.15, 0.2) is 0 Å². The highest BCUT2D eigenvalue weighted by Crippen LogP contribution is 2.35. The van der Waals surface area contributed by atoms with Gasteiger partial charge in [0.1, 0.15) is 18.1 Å². The average Bonchev–Trinajstić information content (AvgIpc) is 2.93. The van der Waals surface area contributed by atoms with Gasteiger partial charge in [-0.2, -0.15) is 0 Å². The van der Waals surface area contributed by atoms with Crippen LogP contribution in [0.1, 0.15) is 18.4 Å². The Kier molecular flexibility index (Phi) is 6.08. The highest BCUT2D eigenvalue weighted by molar-refractivity contribution is 6.05. The number of imide groups is 1. The SMILES string of the molecule is COc1cccc(O)c1C(C)C(=O)N1CCOC1=O.[B]C. The van der Waals surface area contributed by atoms with Gasteiger partial charge in [-0.25, -0.2) is 9.69 Å². The van der Waals surface area contributed by atoms with Gasteiger partial charge in [-0.15, -0.1) is 0 Å². The Bertz CT molecular complexity index is 520. The summed E-state index contributed by atoms with van der Waals surface area (Å²) < 4.78 is 9.87. The Hall–Kier alpha value is -2.18. The molecule has 1 aromatic carbocycles. The Balaban J connectivity index is 0.00000106. The highest BCUT2D eigenvalue weighted by Gasteiger charge is 2.34. The first-order chi connectivity index (χ1) is 10.1. The summed E-state index contributed by atoms with van der Waals surface area (Å²) in [6.45, 7) is 3.55. The number of carbonyl (C=O) groups excluding carboxylic acids is 2. The summed E-state index contributed by atoms with van der Waals surface area (Å²) in [4.78, 5) is 24.7. The zero-order valence-electron chi connectivity index (χ0n) is 12.3. The Morgan fingerprint density at radius 1 is 1.48 bits per heavy atom. The summed E-state index contributed by atoms with van der Waals surface area (Å²) in [6, 6.07) is 4.75. The summed E-state index contributed by atoms with van der Waals surface area (Å²) in [6.07, 6.45) is -0.647. The van der Waals surface area contributed by atoms with Crippen molar-refractivity contribution >= 4 is 19.8 Å². The highest BCUT2D eigenvalue weighted by atomic mass is 16.6. The van der Waals surface area contributed by atoms with Crippen LogP contribution in [0.3, 0.4) is 0 Å². The number of carbonyl (C=O) groups is 2. The third-order valence-corrected chi connectivity index (χ3v) is 3.09. The minimum absolute atomic E-state index is 0.0345. The molecule has 1 aromatic rings. The van der Waals surface area contributed by atoms with Crippen LogP contribution in [-0.2, 0) is 9.53 Å². The van der Waals surface area contributed by atoms with Crippen LogP contribution < -0.4 is 4.74 Å². The van der Waals surface area contributed by atoms with Crippen molar-refractivity contribution in [1.82, 2.24) is 4.90 Å². The lowest BCUT2D eigenvalue weighted by molar-refractivity contribution is -0.129. The zero-order chi connectivity index (χ0) is 16.0. The van der Waals surface area contributed by atoms with E-state index in [9.17, 15) is 14.7 Å². The fourth-order valence-electron chi connectivity index (χ4n) is 2.10. The molecular formula is C14H18BNO5. The van der Waals surface area contributed by atoms with E-state index in [0.717, 1.165) is 4.90 Å². The summed E-state index contributed by atoms with van der Waals surface area (Å²) in [7, 11) is 5.96.